The predicted molar refractivity (Wildman–Crippen MR) is 51.9 cm³/mol. The second kappa shape index (κ2) is 4.74. The molecule has 80 valence electrons. The molecule has 0 aliphatic carbocycles. The second-order valence-electron chi connectivity index (χ2n) is 3.30. The Morgan fingerprint density at radius 2 is 2.07 bits per heavy atom. The molecule has 0 aliphatic heterocycles. The first-order chi connectivity index (χ1) is 7.03. The number of hydrogen-bond acceptors (Lipinski definition) is 2. The van der Waals surface area contributed by atoms with Gasteiger partial charge in [-0.05, 0) is 6.07 Å². The summed E-state index contributed by atoms with van der Waals surface area (Å²) in [4.78, 5) is 0. The van der Waals surface area contributed by atoms with Crippen molar-refractivity contribution < 1.29 is 13.5 Å². The number of ether oxygens (including phenoxy) is 1. The molecule has 0 atom stereocenters. The Morgan fingerprint density at radius 1 is 1.40 bits per heavy atom. The van der Waals surface area contributed by atoms with E-state index in [-0.39, 0.29) is 6.42 Å². The molecular formula is C11H11F2NO. The maximum atomic E-state index is 12.5. The summed E-state index contributed by atoms with van der Waals surface area (Å²) in [6.07, 6.45) is 0.158. The Kier molecular flexibility index (Phi) is 3.62. The van der Waals surface area contributed by atoms with E-state index in [0.717, 1.165) is 6.92 Å². The van der Waals surface area contributed by atoms with Crippen molar-refractivity contribution in [1.29, 1.82) is 5.26 Å². The molecule has 1 aromatic carbocycles. The Bertz CT molecular complexity index is 366. The monoisotopic (exact) mass is 211 g/mol. The molecule has 0 fully saturated rings. The molecular weight excluding hydrogens is 200 g/mol. The smallest absolute Gasteiger partial charge is 0.278 e. The molecule has 0 amide bonds. The molecule has 4 heteroatoms. The first kappa shape index (κ1) is 11.4. The number of rotatable bonds is 4. The highest BCUT2D eigenvalue weighted by atomic mass is 19.3. The lowest BCUT2D eigenvalue weighted by Gasteiger charge is -2.13. The van der Waals surface area contributed by atoms with Crippen LogP contribution >= 0.6 is 0 Å². The number of hydrogen-bond donors (Lipinski definition) is 0. The van der Waals surface area contributed by atoms with Gasteiger partial charge in [-0.2, -0.15) is 5.26 Å². The van der Waals surface area contributed by atoms with Crippen LogP contribution in [0.4, 0.5) is 8.78 Å². The lowest BCUT2D eigenvalue weighted by Crippen LogP contribution is -2.21. The van der Waals surface area contributed by atoms with Gasteiger partial charge in [0.15, 0.2) is 6.61 Å². The van der Waals surface area contributed by atoms with Crippen molar-refractivity contribution in [1.82, 2.24) is 0 Å². The minimum Gasteiger partial charge on any atom is -0.487 e. The fraction of sp³-hybridized carbons (Fsp3) is 0.364. The van der Waals surface area contributed by atoms with Gasteiger partial charge in [0.05, 0.1) is 12.5 Å². The van der Waals surface area contributed by atoms with Gasteiger partial charge in [0.2, 0.25) is 0 Å². The molecule has 0 saturated heterocycles. The van der Waals surface area contributed by atoms with Gasteiger partial charge < -0.3 is 4.74 Å². The van der Waals surface area contributed by atoms with Crippen LogP contribution in [0.2, 0.25) is 0 Å². The summed E-state index contributed by atoms with van der Waals surface area (Å²) in [5.74, 6) is -2.51. The summed E-state index contributed by atoms with van der Waals surface area (Å²) in [5.41, 5.74) is 0.629. The van der Waals surface area contributed by atoms with Crippen molar-refractivity contribution in [2.75, 3.05) is 6.61 Å². The molecule has 0 heterocycles. The van der Waals surface area contributed by atoms with E-state index in [0.29, 0.717) is 11.3 Å². The molecule has 0 N–H and O–H groups in total. The van der Waals surface area contributed by atoms with Gasteiger partial charge >= 0.3 is 0 Å². The van der Waals surface area contributed by atoms with Crippen LogP contribution in [-0.4, -0.2) is 12.5 Å². The van der Waals surface area contributed by atoms with Gasteiger partial charge in [-0.15, -0.1) is 0 Å². The van der Waals surface area contributed by atoms with E-state index in [1.54, 1.807) is 24.3 Å². The Hall–Kier alpha value is -1.63. The number of halogens is 2. The van der Waals surface area contributed by atoms with E-state index in [9.17, 15) is 8.78 Å². The van der Waals surface area contributed by atoms with Crippen LogP contribution < -0.4 is 4.74 Å². The van der Waals surface area contributed by atoms with E-state index in [1.807, 2.05) is 6.07 Å². The molecule has 1 aromatic rings. The quantitative estimate of drug-likeness (QED) is 0.767. The average Bonchev–Trinajstić information content (AvgIpc) is 2.16. The Labute approximate surface area is 87.1 Å². The van der Waals surface area contributed by atoms with Gasteiger partial charge in [-0.3, -0.25) is 0 Å². The summed E-state index contributed by atoms with van der Waals surface area (Å²) in [6, 6.07) is 8.65. The van der Waals surface area contributed by atoms with Crippen LogP contribution in [0.3, 0.4) is 0 Å². The summed E-state index contributed by atoms with van der Waals surface area (Å²) in [6.45, 7) is 0.120. The number of alkyl halides is 2. The van der Waals surface area contributed by atoms with Gasteiger partial charge in [0.25, 0.3) is 5.92 Å². The third-order valence-electron chi connectivity index (χ3n) is 1.72. The number of para-hydroxylation sites is 1. The van der Waals surface area contributed by atoms with Crippen LogP contribution in [0.1, 0.15) is 12.5 Å². The molecule has 0 radical (unpaired) electrons. The van der Waals surface area contributed by atoms with Crippen molar-refractivity contribution in [3.8, 4) is 11.8 Å². The normalized spacial score (nSPS) is 10.8. The van der Waals surface area contributed by atoms with E-state index in [1.165, 1.54) is 0 Å². The molecule has 0 aliphatic rings. The highest BCUT2D eigenvalue weighted by molar-refractivity contribution is 5.35. The van der Waals surface area contributed by atoms with Crippen LogP contribution in [0, 0.1) is 11.3 Å². The lowest BCUT2D eigenvalue weighted by atomic mass is 10.1. The zero-order chi connectivity index (χ0) is 11.3. The summed E-state index contributed by atoms with van der Waals surface area (Å²) < 4.78 is 30.0. The molecule has 0 bridgehead atoms. The summed E-state index contributed by atoms with van der Waals surface area (Å²) >= 11 is 0. The van der Waals surface area contributed by atoms with Gasteiger partial charge in [0.1, 0.15) is 5.75 Å². The fourth-order valence-electron chi connectivity index (χ4n) is 1.08. The molecule has 2 nitrogen and oxygen atoms in total. The van der Waals surface area contributed by atoms with Crippen LogP contribution in [0.5, 0.6) is 5.75 Å². The van der Waals surface area contributed by atoms with Crippen molar-refractivity contribution >= 4 is 0 Å². The van der Waals surface area contributed by atoms with Crippen molar-refractivity contribution in [3.63, 3.8) is 0 Å². The number of benzene rings is 1. The third-order valence-corrected chi connectivity index (χ3v) is 1.72. The summed E-state index contributed by atoms with van der Waals surface area (Å²) in [5, 5.41) is 8.52. The first-order valence-corrected chi connectivity index (χ1v) is 4.48. The standard InChI is InChI=1S/C11H11F2NO/c1-11(12,13)8-15-10-5-3-2-4-9(10)6-7-14/h2-5H,6,8H2,1H3. The van der Waals surface area contributed by atoms with Crippen molar-refractivity contribution in [2.24, 2.45) is 0 Å². The minimum absolute atomic E-state index is 0.158. The van der Waals surface area contributed by atoms with Crippen molar-refractivity contribution in [3.05, 3.63) is 29.8 Å². The fourth-order valence-corrected chi connectivity index (χ4v) is 1.08. The molecule has 0 saturated carbocycles. The Balaban J connectivity index is 2.72. The zero-order valence-electron chi connectivity index (χ0n) is 8.34. The van der Waals surface area contributed by atoms with E-state index in [2.05, 4.69) is 0 Å². The second-order valence-corrected chi connectivity index (χ2v) is 3.30. The van der Waals surface area contributed by atoms with E-state index >= 15 is 0 Å². The van der Waals surface area contributed by atoms with Gasteiger partial charge in [-0.25, -0.2) is 8.78 Å². The molecule has 0 aromatic heterocycles. The molecule has 0 unspecified atom stereocenters. The lowest BCUT2D eigenvalue weighted by molar-refractivity contribution is -0.0231. The van der Waals surface area contributed by atoms with Crippen molar-refractivity contribution in [2.45, 2.75) is 19.3 Å². The van der Waals surface area contributed by atoms with E-state index < -0.39 is 12.5 Å². The van der Waals surface area contributed by atoms with Crippen LogP contribution in [0.25, 0.3) is 0 Å². The molecule has 15 heavy (non-hydrogen) atoms. The first-order valence-electron chi connectivity index (χ1n) is 4.48. The van der Waals surface area contributed by atoms with Gasteiger partial charge in [0, 0.05) is 12.5 Å². The third kappa shape index (κ3) is 3.94. The number of nitriles is 1. The largest absolute Gasteiger partial charge is 0.487 e. The molecule has 0 spiro atoms. The topological polar surface area (TPSA) is 33.0 Å². The van der Waals surface area contributed by atoms with Crippen LogP contribution in [-0.2, 0) is 6.42 Å². The SMILES string of the molecule is CC(F)(F)COc1ccccc1CC#N. The minimum atomic E-state index is -2.86. The highest BCUT2D eigenvalue weighted by Gasteiger charge is 2.22. The van der Waals surface area contributed by atoms with E-state index in [4.69, 9.17) is 10.00 Å². The maximum Gasteiger partial charge on any atom is 0.278 e. The number of nitrogens with zero attached hydrogens (tertiary/aromatic N) is 1. The predicted octanol–water partition coefficient (Wildman–Crippen LogP) is 2.79. The summed E-state index contributed by atoms with van der Waals surface area (Å²) in [7, 11) is 0. The maximum absolute atomic E-state index is 12.5. The van der Waals surface area contributed by atoms with Gasteiger partial charge in [-0.1, -0.05) is 18.2 Å². The Morgan fingerprint density at radius 3 is 2.67 bits per heavy atom. The zero-order valence-corrected chi connectivity index (χ0v) is 8.34. The van der Waals surface area contributed by atoms with Crippen LogP contribution in [0.15, 0.2) is 24.3 Å². The average molecular weight is 211 g/mol. The molecule has 1 rings (SSSR count). The highest BCUT2D eigenvalue weighted by Crippen LogP contribution is 2.21.